The lowest BCUT2D eigenvalue weighted by Crippen LogP contribution is -2.37. The molecule has 4 nitrogen and oxygen atoms in total. The molecule has 0 aliphatic heterocycles. The molecule has 0 saturated carbocycles. The number of aryl methyl sites for hydroxylation is 2. The molecule has 0 aliphatic rings. The lowest BCUT2D eigenvalue weighted by Gasteiger charge is -2.22. The zero-order valence-corrected chi connectivity index (χ0v) is 16.8. The first-order valence-corrected chi connectivity index (χ1v) is 9.46. The third-order valence-corrected chi connectivity index (χ3v) is 4.62. The van der Waals surface area contributed by atoms with E-state index >= 15 is 0 Å². The SMILES string of the molecule is CCCc1cc(-c2cccnc2)ccc1-c1cc(C)c(=O)n(C(C)(C)C)n1. The van der Waals surface area contributed by atoms with Gasteiger partial charge in [-0.15, -0.1) is 0 Å². The molecule has 27 heavy (non-hydrogen) atoms. The largest absolute Gasteiger partial charge is 0.270 e. The lowest BCUT2D eigenvalue weighted by molar-refractivity contribution is 0.338. The minimum Gasteiger partial charge on any atom is -0.267 e. The maximum absolute atomic E-state index is 12.5. The summed E-state index contributed by atoms with van der Waals surface area (Å²) < 4.78 is 1.60. The fourth-order valence-electron chi connectivity index (χ4n) is 3.23. The Hall–Kier alpha value is -2.75. The van der Waals surface area contributed by atoms with Gasteiger partial charge in [-0.2, -0.15) is 5.10 Å². The molecule has 2 aromatic heterocycles. The standard InChI is InChI=1S/C23H27N3O/c1-6-8-18-14-17(19-9-7-12-24-15-19)10-11-20(18)21-13-16(2)22(27)26(25-21)23(3,4)5/h7,9-15H,6,8H2,1-5H3. The summed E-state index contributed by atoms with van der Waals surface area (Å²) in [6, 6.07) is 12.4. The number of aromatic nitrogens is 3. The van der Waals surface area contributed by atoms with Gasteiger partial charge in [-0.3, -0.25) is 9.78 Å². The van der Waals surface area contributed by atoms with E-state index in [-0.39, 0.29) is 11.1 Å². The lowest BCUT2D eigenvalue weighted by atomic mass is 9.95. The van der Waals surface area contributed by atoms with Crippen molar-refractivity contribution in [2.45, 2.75) is 53.0 Å². The van der Waals surface area contributed by atoms with E-state index in [1.165, 1.54) is 5.56 Å². The Balaban J connectivity index is 2.17. The summed E-state index contributed by atoms with van der Waals surface area (Å²) in [5.74, 6) is 0. The van der Waals surface area contributed by atoms with Crippen LogP contribution in [0.1, 0.15) is 45.2 Å². The van der Waals surface area contributed by atoms with Crippen molar-refractivity contribution < 1.29 is 0 Å². The van der Waals surface area contributed by atoms with E-state index in [9.17, 15) is 4.79 Å². The van der Waals surface area contributed by atoms with Gasteiger partial charge in [0.2, 0.25) is 0 Å². The molecule has 0 fully saturated rings. The second-order valence-corrected chi connectivity index (χ2v) is 7.96. The highest BCUT2D eigenvalue weighted by molar-refractivity contribution is 5.71. The fraction of sp³-hybridized carbons (Fsp3) is 0.348. The van der Waals surface area contributed by atoms with Gasteiger partial charge in [0, 0.05) is 23.5 Å². The van der Waals surface area contributed by atoms with Crippen LogP contribution in [0.2, 0.25) is 0 Å². The first kappa shape index (κ1) is 19.0. The molecule has 1 aromatic carbocycles. The van der Waals surface area contributed by atoms with Gasteiger partial charge in [0.1, 0.15) is 0 Å². The summed E-state index contributed by atoms with van der Waals surface area (Å²) >= 11 is 0. The molecule has 0 bridgehead atoms. The molecule has 140 valence electrons. The molecule has 4 heteroatoms. The number of nitrogens with zero attached hydrogens (tertiary/aromatic N) is 3. The predicted molar refractivity (Wildman–Crippen MR) is 111 cm³/mol. The van der Waals surface area contributed by atoms with E-state index in [0.717, 1.165) is 35.2 Å². The zero-order valence-electron chi connectivity index (χ0n) is 16.8. The molecule has 0 aliphatic carbocycles. The molecular weight excluding hydrogens is 334 g/mol. The van der Waals surface area contributed by atoms with Gasteiger partial charge in [-0.25, -0.2) is 4.68 Å². The first-order chi connectivity index (χ1) is 12.8. The number of hydrogen-bond acceptors (Lipinski definition) is 3. The van der Waals surface area contributed by atoms with Crippen molar-refractivity contribution in [3.63, 3.8) is 0 Å². The van der Waals surface area contributed by atoms with Gasteiger partial charge in [0.05, 0.1) is 11.2 Å². The van der Waals surface area contributed by atoms with Crippen LogP contribution in [0.25, 0.3) is 22.4 Å². The monoisotopic (exact) mass is 361 g/mol. The molecule has 0 amide bonds. The normalized spacial score (nSPS) is 11.6. The highest BCUT2D eigenvalue weighted by atomic mass is 16.1. The fourth-order valence-corrected chi connectivity index (χ4v) is 3.23. The Morgan fingerprint density at radius 1 is 1.07 bits per heavy atom. The summed E-state index contributed by atoms with van der Waals surface area (Å²) in [7, 11) is 0. The summed E-state index contributed by atoms with van der Waals surface area (Å²) in [4.78, 5) is 16.8. The van der Waals surface area contributed by atoms with Crippen LogP contribution in [0.3, 0.4) is 0 Å². The van der Waals surface area contributed by atoms with Gasteiger partial charge in [-0.1, -0.05) is 37.6 Å². The Morgan fingerprint density at radius 3 is 2.48 bits per heavy atom. The molecule has 2 heterocycles. The van der Waals surface area contributed by atoms with Gasteiger partial charge in [-0.05, 0) is 62.9 Å². The van der Waals surface area contributed by atoms with E-state index in [1.807, 2.05) is 46.0 Å². The minimum atomic E-state index is -0.363. The van der Waals surface area contributed by atoms with Crippen molar-refractivity contribution >= 4 is 0 Å². The smallest absolute Gasteiger partial charge is 0.267 e. The highest BCUT2D eigenvalue weighted by Crippen LogP contribution is 2.29. The maximum atomic E-state index is 12.5. The average molecular weight is 361 g/mol. The van der Waals surface area contributed by atoms with Crippen molar-refractivity contribution in [1.29, 1.82) is 0 Å². The third kappa shape index (κ3) is 4.00. The quantitative estimate of drug-likeness (QED) is 0.658. The van der Waals surface area contributed by atoms with E-state index in [0.29, 0.717) is 5.56 Å². The summed E-state index contributed by atoms with van der Waals surface area (Å²) in [6.45, 7) is 10.0. The van der Waals surface area contributed by atoms with Crippen LogP contribution in [0.5, 0.6) is 0 Å². The highest BCUT2D eigenvalue weighted by Gasteiger charge is 2.19. The van der Waals surface area contributed by atoms with Crippen LogP contribution < -0.4 is 5.56 Å². The second kappa shape index (κ2) is 7.47. The number of pyridine rings is 1. The summed E-state index contributed by atoms with van der Waals surface area (Å²) in [5, 5.41) is 4.71. The molecule has 0 radical (unpaired) electrons. The Bertz CT molecular complexity index is 998. The third-order valence-electron chi connectivity index (χ3n) is 4.62. The van der Waals surface area contributed by atoms with Crippen LogP contribution in [-0.2, 0) is 12.0 Å². The molecule has 3 aromatic rings. The van der Waals surface area contributed by atoms with Crippen LogP contribution >= 0.6 is 0 Å². The summed E-state index contributed by atoms with van der Waals surface area (Å²) in [5.41, 5.74) is 5.75. The minimum absolute atomic E-state index is 0.0322. The van der Waals surface area contributed by atoms with Crippen molar-refractivity contribution in [2.75, 3.05) is 0 Å². The molecule has 0 saturated heterocycles. The van der Waals surface area contributed by atoms with Crippen molar-refractivity contribution in [2.24, 2.45) is 0 Å². The van der Waals surface area contributed by atoms with Crippen LogP contribution in [0.15, 0.2) is 53.6 Å². The maximum Gasteiger partial charge on any atom is 0.270 e. The van der Waals surface area contributed by atoms with E-state index in [4.69, 9.17) is 5.10 Å². The number of hydrogen-bond donors (Lipinski definition) is 0. The Morgan fingerprint density at radius 2 is 1.85 bits per heavy atom. The molecule has 0 atom stereocenters. The molecule has 0 N–H and O–H groups in total. The van der Waals surface area contributed by atoms with Crippen molar-refractivity contribution in [1.82, 2.24) is 14.8 Å². The van der Waals surface area contributed by atoms with Crippen LogP contribution in [0, 0.1) is 6.92 Å². The average Bonchev–Trinajstić information content (AvgIpc) is 2.64. The number of benzene rings is 1. The van der Waals surface area contributed by atoms with Crippen molar-refractivity contribution in [3.8, 4) is 22.4 Å². The predicted octanol–water partition coefficient (Wildman–Crippen LogP) is 4.99. The van der Waals surface area contributed by atoms with E-state index in [2.05, 4.69) is 36.2 Å². The molecular formula is C23H27N3O. The number of rotatable bonds is 4. The van der Waals surface area contributed by atoms with Gasteiger partial charge >= 0.3 is 0 Å². The second-order valence-electron chi connectivity index (χ2n) is 7.96. The van der Waals surface area contributed by atoms with Crippen LogP contribution in [0.4, 0.5) is 0 Å². The Kier molecular flexibility index (Phi) is 5.26. The summed E-state index contributed by atoms with van der Waals surface area (Å²) in [6.07, 6.45) is 5.67. The van der Waals surface area contributed by atoms with Crippen LogP contribution in [-0.4, -0.2) is 14.8 Å². The van der Waals surface area contributed by atoms with Gasteiger partial charge in [0.15, 0.2) is 0 Å². The molecule has 0 spiro atoms. The first-order valence-electron chi connectivity index (χ1n) is 9.46. The topological polar surface area (TPSA) is 47.8 Å². The van der Waals surface area contributed by atoms with Crippen molar-refractivity contribution in [3.05, 3.63) is 70.3 Å². The zero-order chi connectivity index (χ0) is 19.6. The van der Waals surface area contributed by atoms with Gasteiger partial charge < -0.3 is 0 Å². The van der Waals surface area contributed by atoms with E-state index in [1.54, 1.807) is 10.9 Å². The Labute approximate surface area is 160 Å². The molecule has 0 unspecified atom stereocenters. The van der Waals surface area contributed by atoms with Gasteiger partial charge in [0.25, 0.3) is 5.56 Å². The molecule has 3 rings (SSSR count). The van der Waals surface area contributed by atoms with E-state index < -0.39 is 0 Å².